The molecular formula is C13H29NO5Si. The maximum absolute atomic E-state index is 11.4. The van der Waals surface area contributed by atoms with Crippen molar-refractivity contribution in [3.63, 3.8) is 0 Å². The average Bonchev–Trinajstić information content (AvgIpc) is 2.43. The van der Waals surface area contributed by atoms with Crippen molar-refractivity contribution in [3.8, 4) is 0 Å². The molecule has 0 heterocycles. The quantitative estimate of drug-likeness (QED) is 0.427. The van der Waals surface area contributed by atoms with Crippen molar-refractivity contribution in [2.45, 2.75) is 38.8 Å². The number of nitrogens with zero attached hydrogens (tertiary/aromatic N) is 1. The van der Waals surface area contributed by atoms with E-state index < -0.39 is 20.3 Å². The van der Waals surface area contributed by atoms with Gasteiger partial charge in [0.15, 0.2) is 0 Å². The van der Waals surface area contributed by atoms with Crippen LogP contribution in [0.2, 0.25) is 6.04 Å². The number of aliphatic carboxylic acids is 1. The number of hydrogen-bond donors (Lipinski definition) is 0. The van der Waals surface area contributed by atoms with Crippen molar-refractivity contribution < 1.29 is 27.7 Å². The van der Waals surface area contributed by atoms with Crippen LogP contribution in [0.25, 0.3) is 0 Å². The van der Waals surface area contributed by atoms with Gasteiger partial charge in [0.2, 0.25) is 0 Å². The highest BCUT2D eigenvalue weighted by molar-refractivity contribution is 6.60. The molecular weight excluding hydrogens is 278 g/mol. The maximum atomic E-state index is 11.4. The number of hydrogen-bond acceptors (Lipinski definition) is 5. The van der Waals surface area contributed by atoms with Gasteiger partial charge in [0.1, 0.15) is 11.5 Å². The Hall–Kier alpha value is -0.473. The van der Waals surface area contributed by atoms with Gasteiger partial charge in [-0.1, -0.05) is 0 Å². The van der Waals surface area contributed by atoms with Crippen LogP contribution >= 0.6 is 0 Å². The molecule has 0 bridgehead atoms. The molecule has 0 aliphatic heterocycles. The van der Waals surface area contributed by atoms with Crippen LogP contribution in [0, 0.1) is 0 Å². The molecule has 0 aromatic carbocycles. The summed E-state index contributed by atoms with van der Waals surface area (Å²) < 4.78 is 16.5. The normalized spacial score (nSPS) is 15.9. The fourth-order valence-electron chi connectivity index (χ4n) is 2.25. The van der Waals surface area contributed by atoms with Crippen molar-refractivity contribution in [2.75, 3.05) is 41.5 Å². The van der Waals surface area contributed by atoms with E-state index in [0.717, 1.165) is 6.42 Å². The molecule has 0 rings (SSSR count). The maximum Gasteiger partial charge on any atom is 0.500 e. The molecule has 0 saturated heterocycles. The summed E-state index contributed by atoms with van der Waals surface area (Å²) in [4.78, 5) is 11.4. The summed E-state index contributed by atoms with van der Waals surface area (Å²) in [5.74, 6) is -1.03. The Labute approximate surface area is 123 Å². The number of carbonyl (C=O) groups is 1. The molecule has 20 heavy (non-hydrogen) atoms. The Morgan fingerprint density at radius 1 is 1.20 bits per heavy atom. The van der Waals surface area contributed by atoms with Gasteiger partial charge in [-0.2, -0.15) is 0 Å². The lowest BCUT2D eigenvalue weighted by atomic mass is 9.99. The van der Waals surface area contributed by atoms with E-state index in [0.29, 0.717) is 23.6 Å². The Morgan fingerprint density at radius 2 is 1.65 bits per heavy atom. The van der Waals surface area contributed by atoms with E-state index in [1.165, 1.54) is 0 Å². The molecule has 6 nitrogen and oxygen atoms in total. The Bertz CT molecular complexity index is 312. The van der Waals surface area contributed by atoms with Gasteiger partial charge in [-0.05, 0) is 20.8 Å². The van der Waals surface area contributed by atoms with Crippen molar-refractivity contribution in [1.29, 1.82) is 0 Å². The zero-order valence-corrected chi connectivity index (χ0v) is 14.8. The Balaban J connectivity index is 4.80. The van der Waals surface area contributed by atoms with Gasteiger partial charge >= 0.3 is 8.80 Å². The van der Waals surface area contributed by atoms with Gasteiger partial charge in [-0.3, -0.25) is 0 Å². The molecule has 0 radical (unpaired) electrons. The highest BCUT2D eigenvalue weighted by Crippen LogP contribution is 2.25. The molecule has 0 spiro atoms. The average molecular weight is 307 g/mol. The number of carbonyl (C=O) groups excluding carboxylic acids is 1. The second-order valence-electron chi connectivity index (χ2n) is 5.68. The summed E-state index contributed by atoms with van der Waals surface area (Å²) in [6.07, 6.45) is 0.767. The van der Waals surface area contributed by atoms with Crippen LogP contribution in [-0.4, -0.2) is 66.3 Å². The van der Waals surface area contributed by atoms with Crippen LogP contribution in [-0.2, 0) is 18.1 Å². The summed E-state index contributed by atoms with van der Waals surface area (Å²) in [6, 6.07) is 0.660. The zero-order chi connectivity index (χ0) is 16.0. The van der Waals surface area contributed by atoms with Crippen LogP contribution in [0.1, 0.15) is 27.2 Å². The molecule has 1 unspecified atom stereocenters. The highest BCUT2D eigenvalue weighted by atomic mass is 28.4. The first-order valence-electron chi connectivity index (χ1n) is 6.86. The number of likely N-dealkylation sites (N-methyl/N-ethyl adjacent to an activating group) is 1. The van der Waals surface area contributed by atoms with Crippen molar-refractivity contribution in [3.05, 3.63) is 0 Å². The first-order chi connectivity index (χ1) is 9.14. The molecule has 0 amide bonds. The number of carboxylic acid groups (broad SMARTS) is 1. The monoisotopic (exact) mass is 307 g/mol. The summed E-state index contributed by atoms with van der Waals surface area (Å²) in [7, 11) is 4.09. The van der Waals surface area contributed by atoms with Crippen molar-refractivity contribution in [2.24, 2.45) is 0 Å². The van der Waals surface area contributed by atoms with E-state index in [1.54, 1.807) is 35.2 Å². The first-order valence-corrected chi connectivity index (χ1v) is 8.79. The van der Waals surface area contributed by atoms with Gasteiger partial charge in [-0.15, -0.1) is 0 Å². The lowest BCUT2D eigenvalue weighted by Crippen LogP contribution is -2.66. The van der Waals surface area contributed by atoms with E-state index >= 15 is 0 Å². The largest absolute Gasteiger partial charge is 0.544 e. The van der Waals surface area contributed by atoms with Gasteiger partial charge in [0, 0.05) is 33.8 Å². The summed E-state index contributed by atoms with van der Waals surface area (Å²) >= 11 is 0. The lowest BCUT2D eigenvalue weighted by molar-refractivity contribution is -0.946. The minimum atomic E-state index is -2.59. The van der Waals surface area contributed by atoms with E-state index in [9.17, 15) is 9.90 Å². The van der Waals surface area contributed by atoms with Crippen molar-refractivity contribution >= 4 is 14.8 Å². The smallest absolute Gasteiger partial charge is 0.500 e. The van der Waals surface area contributed by atoms with Gasteiger partial charge in [-0.25, -0.2) is 0 Å². The van der Waals surface area contributed by atoms with Gasteiger partial charge < -0.3 is 27.7 Å². The minimum Gasteiger partial charge on any atom is -0.544 e. The van der Waals surface area contributed by atoms with Crippen LogP contribution in [0.4, 0.5) is 0 Å². The predicted octanol–water partition coefficient (Wildman–Crippen LogP) is 0.250. The SMILES string of the molecule is CC[N+](C)(CCC[Si](OC)(OC)OC)C(C)(C)C(=O)[O-]. The molecule has 0 fully saturated rings. The van der Waals surface area contributed by atoms with E-state index in [2.05, 4.69) is 0 Å². The molecule has 0 aromatic heterocycles. The third-order valence-corrected chi connectivity index (χ3v) is 7.45. The summed E-state index contributed by atoms with van der Waals surface area (Å²) in [5, 5.41) is 11.4. The molecule has 7 heteroatoms. The second kappa shape index (κ2) is 7.51. The van der Waals surface area contributed by atoms with Crippen LogP contribution < -0.4 is 5.11 Å². The fourth-order valence-corrected chi connectivity index (χ4v) is 3.96. The molecule has 0 saturated carbocycles. The van der Waals surface area contributed by atoms with Crippen LogP contribution in [0.5, 0.6) is 0 Å². The number of quaternary nitrogens is 1. The minimum absolute atomic E-state index is 0.400. The highest BCUT2D eigenvalue weighted by Gasteiger charge is 2.42. The second-order valence-corrected chi connectivity index (χ2v) is 8.77. The molecule has 1 atom stereocenters. The summed E-state index contributed by atoms with van der Waals surface area (Å²) in [5.41, 5.74) is -0.938. The molecule has 0 N–H and O–H groups in total. The summed E-state index contributed by atoms with van der Waals surface area (Å²) in [6.45, 7) is 6.81. The third kappa shape index (κ3) is 4.02. The standard InChI is InChI=1S/C13H29NO5Si/c1-8-14(4,13(2,3)12(15)16)10-9-11-20(17-5,18-6)19-7/h8-11H2,1-7H3. The predicted molar refractivity (Wildman–Crippen MR) is 76.9 cm³/mol. The van der Waals surface area contributed by atoms with Gasteiger partial charge in [0.25, 0.3) is 0 Å². The molecule has 0 aliphatic rings. The molecule has 120 valence electrons. The topological polar surface area (TPSA) is 67.8 Å². The van der Waals surface area contributed by atoms with Crippen molar-refractivity contribution in [1.82, 2.24) is 0 Å². The fraction of sp³-hybridized carbons (Fsp3) is 0.923. The van der Waals surface area contributed by atoms with Gasteiger partial charge in [0.05, 0.1) is 20.1 Å². The molecule has 0 aromatic rings. The van der Waals surface area contributed by atoms with E-state index in [-0.39, 0.29) is 0 Å². The number of carboxylic acids is 1. The molecule has 0 aliphatic carbocycles. The zero-order valence-electron chi connectivity index (χ0n) is 13.8. The third-order valence-electron chi connectivity index (χ3n) is 4.61. The first kappa shape index (κ1) is 19.5. The van der Waals surface area contributed by atoms with E-state index in [1.807, 2.05) is 14.0 Å². The van der Waals surface area contributed by atoms with E-state index in [4.69, 9.17) is 13.3 Å². The van der Waals surface area contributed by atoms with Crippen LogP contribution in [0.3, 0.4) is 0 Å². The lowest BCUT2D eigenvalue weighted by Gasteiger charge is -2.47. The Morgan fingerprint density at radius 3 is 1.95 bits per heavy atom. The van der Waals surface area contributed by atoms with Crippen LogP contribution in [0.15, 0.2) is 0 Å². The Kier molecular flexibility index (Phi) is 7.33. The number of rotatable bonds is 10.